The molecule has 0 aromatic rings. The molecule has 1 saturated carbocycles. The van der Waals surface area contributed by atoms with Crippen molar-refractivity contribution in [3.05, 3.63) is 12.2 Å². The van der Waals surface area contributed by atoms with Gasteiger partial charge in [0.1, 0.15) is 0 Å². The van der Waals surface area contributed by atoms with Gasteiger partial charge < -0.3 is 10.6 Å². The number of hydrogen-bond donors (Lipinski definition) is 2. The molecule has 0 bridgehead atoms. The van der Waals surface area contributed by atoms with Crippen molar-refractivity contribution in [2.45, 2.75) is 51.4 Å². The van der Waals surface area contributed by atoms with Gasteiger partial charge >= 0.3 is 0 Å². The predicted octanol–water partition coefficient (Wildman–Crippen LogP) is 1.61. The van der Waals surface area contributed by atoms with Gasteiger partial charge in [0.2, 0.25) is 5.91 Å². The van der Waals surface area contributed by atoms with Crippen LogP contribution in [-0.2, 0) is 14.4 Å². The molecule has 2 N–H and O–H groups in total. The summed E-state index contributed by atoms with van der Waals surface area (Å²) in [5, 5.41) is 6.20. The average Bonchev–Trinajstić information content (AvgIpc) is 2.93. The van der Waals surface area contributed by atoms with Crippen molar-refractivity contribution in [2.75, 3.05) is 26.7 Å². The minimum atomic E-state index is -0.209. The Balaban J connectivity index is 1.57. The summed E-state index contributed by atoms with van der Waals surface area (Å²) in [7, 11) is 1.96. The molecule has 1 fully saturated rings. The molecule has 2 aliphatic rings. The lowest BCUT2D eigenvalue weighted by Crippen LogP contribution is -2.38. The van der Waals surface area contributed by atoms with Gasteiger partial charge in [0.25, 0.3) is 11.8 Å². The quantitative estimate of drug-likeness (QED) is 0.464. The number of imide groups is 1. The van der Waals surface area contributed by atoms with Gasteiger partial charge in [-0.3, -0.25) is 19.3 Å². The topological polar surface area (TPSA) is 78.5 Å². The average molecular weight is 349 g/mol. The van der Waals surface area contributed by atoms with Crippen LogP contribution in [-0.4, -0.2) is 49.3 Å². The third kappa shape index (κ3) is 6.27. The molecule has 3 amide bonds. The van der Waals surface area contributed by atoms with Crippen LogP contribution in [0.1, 0.15) is 51.4 Å². The van der Waals surface area contributed by atoms with Crippen molar-refractivity contribution in [1.29, 1.82) is 0 Å². The third-order valence-corrected chi connectivity index (χ3v) is 5.21. The molecule has 0 spiro atoms. The molecule has 0 radical (unpaired) electrons. The summed E-state index contributed by atoms with van der Waals surface area (Å²) < 4.78 is 0. The highest BCUT2D eigenvalue weighted by molar-refractivity contribution is 6.12. The van der Waals surface area contributed by atoms with E-state index in [0.29, 0.717) is 12.5 Å². The van der Waals surface area contributed by atoms with Crippen molar-refractivity contribution < 1.29 is 14.4 Å². The highest BCUT2D eigenvalue weighted by Gasteiger charge is 2.31. The summed E-state index contributed by atoms with van der Waals surface area (Å²) in [4.78, 5) is 36.8. The summed E-state index contributed by atoms with van der Waals surface area (Å²) in [5.41, 5.74) is 0. The van der Waals surface area contributed by atoms with Gasteiger partial charge in [-0.1, -0.05) is 12.8 Å². The molecular weight excluding hydrogens is 318 g/mol. The van der Waals surface area contributed by atoms with E-state index in [1.54, 1.807) is 0 Å². The molecule has 140 valence electrons. The Morgan fingerprint density at radius 3 is 2.20 bits per heavy atom. The summed E-state index contributed by atoms with van der Waals surface area (Å²) in [6.45, 7) is 2.31. The molecule has 0 unspecified atom stereocenters. The van der Waals surface area contributed by atoms with Crippen molar-refractivity contribution in [3.63, 3.8) is 0 Å². The van der Waals surface area contributed by atoms with E-state index in [4.69, 9.17) is 0 Å². The number of amides is 3. The SMILES string of the molecule is CNCCCCCCNC(=O)C1CCC(CN2C(=O)C=CC2=O)CC1. The zero-order chi connectivity index (χ0) is 18.1. The fraction of sp³-hybridized carbons (Fsp3) is 0.737. The van der Waals surface area contributed by atoms with Crippen molar-refractivity contribution in [2.24, 2.45) is 11.8 Å². The van der Waals surface area contributed by atoms with Crippen LogP contribution in [0.5, 0.6) is 0 Å². The number of hydrogen-bond acceptors (Lipinski definition) is 4. The molecular formula is C19H31N3O3. The molecule has 6 nitrogen and oxygen atoms in total. The number of unbranched alkanes of at least 4 members (excludes halogenated alkanes) is 3. The molecule has 1 aliphatic heterocycles. The Bertz CT molecular complexity index is 478. The summed E-state index contributed by atoms with van der Waals surface area (Å²) >= 11 is 0. The van der Waals surface area contributed by atoms with Gasteiger partial charge in [0.05, 0.1) is 0 Å². The zero-order valence-corrected chi connectivity index (χ0v) is 15.3. The van der Waals surface area contributed by atoms with E-state index in [9.17, 15) is 14.4 Å². The first-order valence-corrected chi connectivity index (χ1v) is 9.57. The standard InChI is InChI=1S/C19H31N3O3/c1-20-12-4-2-3-5-13-21-19(25)16-8-6-15(7-9-16)14-22-17(23)10-11-18(22)24/h10-11,15-16,20H,2-9,12-14H2,1H3,(H,21,25). The lowest BCUT2D eigenvalue weighted by molar-refractivity contribution is -0.138. The predicted molar refractivity (Wildman–Crippen MR) is 96.7 cm³/mol. The Labute approximate surface area is 150 Å². The van der Waals surface area contributed by atoms with Gasteiger partial charge in [0.15, 0.2) is 0 Å². The van der Waals surface area contributed by atoms with E-state index in [-0.39, 0.29) is 23.6 Å². The first kappa shape index (κ1) is 19.6. The molecule has 1 heterocycles. The Morgan fingerprint density at radius 2 is 1.60 bits per heavy atom. The Kier molecular flexibility index (Phi) is 8.12. The molecule has 25 heavy (non-hydrogen) atoms. The van der Waals surface area contributed by atoms with E-state index >= 15 is 0 Å². The largest absolute Gasteiger partial charge is 0.356 e. The van der Waals surface area contributed by atoms with Crippen molar-refractivity contribution >= 4 is 17.7 Å². The number of rotatable bonds is 10. The van der Waals surface area contributed by atoms with E-state index in [1.807, 2.05) is 7.05 Å². The maximum absolute atomic E-state index is 12.2. The highest BCUT2D eigenvalue weighted by Crippen LogP contribution is 2.30. The molecule has 0 atom stereocenters. The monoisotopic (exact) mass is 349 g/mol. The first-order chi connectivity index (χ1) is 12.1. The number of nitrogens with one attached hydrogen (secondary N) is 2. The van der Waals surface area contributed by atoms with Crippen LogP contribution in [0.25, 0.3) is 0 Å². The molecule has 0 saturated heterocycles. The van der Waals surface area contributed by atoms with Crippen LogP contribution in [0, 0.1) is 11.8 Å². The Hall–Kier alpha value is -1.69. The fourth-order valence-electron chi connectivity index (χ4n) is 3.61. The van der Waals surface area contributed by atoms with Crippen LogP contribution < -0.4 is 10.6 Å². The first-order valence-electron chi connectivity index (χ1n) is 9.57. The second-order valence-corrected chi connectivity index (χ2v) is 7.15. The molecule has 2 rings (SSSR count). The summed E-state index contributed by atoms with van der Waals surface area (Å²) in [6, 6.07) is 0. The second kappa shape index (κ2) is 10.3. The molecule has 1 aliphatic carbocycles. The van der Waals surface area contributed by atoms with E-state index in [2.05, 4.69) is 10.6 Å². The smallest absolute Gasteiger partial charge is 0.253 e. The van der Waals surface area contributed by atoms with Crippen LogP contribution in [0.15, 0.2) is 12.2 Å². The maximum Gasteiger partial charge on any atom is 0.253 e. The Morgan fingerprint density at radius 1 is 1.00 bits per heavy atom. The molecule has 0 aromatic heterocycles. The van der Waals surface area contributed by atoms with E-state index < -0.39 is 0 Å². The van der Waals surface area contributed by atoms with Crippen molar-refractivity contribution in [3.8, 4) is 0 Å². The van der Waals surface area contributed by atoms with Gasteiger partial charge in [0, 0.05) is 31.2 Å². The van der Waals surface area contributed by atoms with E-state index in [0.717, 1.165) is 51.6 Å². The minimum Gasteiger partial charge on any atom is -0.356 e. The normalized spacial score (nSPS) is 23.3. The van der Waals surface area contributed by atoms with Crippen LogP contribution in [0.3, 0.4) is 0 Å². The molecule has 6 heteroatoms. The minimum absolute atomic E-state index is 0.0867. The zero-order valence-electron chi connectivity index (χ0n) is 15.3. The van der Waals surface area contributed by atoms with Crippen LogP contribution >= 0.6 is 0 Å². The van der Waals surface area contributed by atoms with Crippen LogP contribution in [0.2, 0.25) is 0 Å². The van der Waals surface area contributed by atoms with E-state index in [1.165, 1.54) is 29.9 Å². The second-order valence-electron chi connectivity index (χ2n) is 7.15. The number of nitrogens with zero attached hydrogens (tertiary/aromatic N) is 1. The van der Waals surface area contributed by atoms with Gasteiger partial charge in [-0.2, -0.15) is 0 Å². The van der Waals surface area contributed by atoms with Gasteiger partial charge in [-0.05, 0) is 58.0 Å². The van der Waals surface area contributed by atoms with Crippen molar-refractivity contribution in [1.82, 2.24) is 15.5 Å². The molecule has 0 aromatic carbocycles. The van der Waals surface area contributed by atoms with Crippen LogP contribution in [0.4, 0.5) is 0 Å². The summed E-state index contributed by atoms with van der Waals surface area (Å²) in [6.07, 6.45) is 10.7. The summed E-state index contributed by atoms with van der Waals surface area (Å²) in [5.74, 6) is 0.163. The number of carbonyl (C=O) groups excluding carboxylic acids is 3. The third-order valence-electron chi connectivity index (χ3n) is 5.21. The lowest BCUT2D eigenvalue weighted by atomic mass is 9.81. The van der Waals surface area contributed by atoms with Gasteiger partial charge in [-0.25, -0.2) is 0 Å². The lowest BCUT2D eigenvalue weighted by Gasteiger charge is -2.30. The maximum atomic E-state index is 12.2. The highest BCUT2D eigenvalue weighted by atomic mass is 16.2. The van der Waals surface area contributed by atoms with Gasteiger partial charge in [-0.15, -0.1) is 0 Å². The fourth-order valence-corrected chi connectivity index (χ4v) is 3.61. The number of carbonyl (C=O) groups is 3.